The molecule has 0 aliphatic heterocycles. The van der Waals surface area contributed by atoms with E-state index in [1.165, 1.54) is 12.5 Å². The van der Waals surface area contributed by atoms with Gasteiger partial charge in [0.25, 0.3) is 0 Å². The number of imidazole rings is 1. The molecule has 0 radical (unpaired) electrons. The first-order chi connectivity index (χ1) is 21.7. The summed E-state index contributed by atoms with van der Waals surface area (Å²) in [6.45, 7) is 0. The topological polar surface area (TPSA) is 211 Å². The monoisotopic (exact) mass is 630 g/mol. The number of fused-ring (bicyclic) bond motifs is 2. The van der Waals surface area contributed by atoms with Gasteiger partial charge in [-0.05, 0) is 23.3 Å². The second-order valence-electron chi connectivity index (χ2n) is 10.7. The Morgan fingerprint density at radius 3 is 1.80 bits per heavy atom. The molecule has 0 fully saturated rings. The Morgan fingerprint density at radius 1 is 0.756 bits per heavy atom. The van der Waals surface area contributed by atoms with Crippen LogP contribution in [0.15, 0.2) is 73.4 Å². The minimum Gasteiger partial charge on any atom is -0.480 e. The van der Waals surface area contributed by atoms with Crippen molar-refractivity contribution in [3.05, 3.63) is 90.3 Å². The van der Waals surface area contributed by atoms with Gasteiger partial charge in [0.15, 0.2) is 0 Å². The van der Waals surface area contributed by atoms with E-state index in [9.17, 15) is 24.3 Å². The van der Waals surface area contributed by atoms with Crippen molar-refractivity contribution in [3.8, 4) is 0 Å². The molecule has 45 heavy (non-hydrogen) atoms. The number of hydrogen-bond donors (Lipinski definition) is 9. The normalized spacial score (nSPS) is 14.0. The first-order valence-corrected chi connectivity index (χ1v) is 14.9. The number of aliphatic carboxylic acids is 1. The number of thiol groups is 1. The van der Waals surface area contributed by atoms with Gasteiger partial charge in [-0.3, -0.25) is 14.4 Å². The van der Waals surface area contributed by atoms with E-state index in [1.54, 1.807) is 12.4 Å². The van der Waals surface area contributed by atoms with Crippen molar-refractivity contribution < 1.29 is 24.3 Å². The molecule has 9 N–H and O–H groups in total. The Kier molecular flexibility index (Phi) is 9.85. The molecular formula is C31H34N8O5S. The highest BCUT2D eigenvalue weighted by molar-refractivity contribution is 7.80. The van der Waals surface area contributed by atoms with E-state index in [2.05, 4.69) is 48.5 Å². The number of carboxylic acids is 1. The molecule has 0 bridgehead atoms. The highest BCUT2D eigenvalue weighted by Crippen LogP contribution is 2.21. The Bertz CT molecular complexity index is 1800. The van der Waals surface area contributed by atoms with Gasteiger partial charge >= 0.3 is 5.97 Å². The Hall–Kier alpha value is -5.08. The van der Waals surface area contributed by atoms with Crippen LogP contribution in [-0.4, -0.2) is 78.7 Å². The number of carboxylic acid groups (broad SMARTS) is 1. The number of nitrogens with two attached hydrogens (primary N) is 1. The SMILES string of the molecule is NC(CS)C(=O)NC(Cc1cnc[nH]1)C(=O)NC(Cc1c[nH]c2ccccc12)C(=O)NC(Cc1c[nH]c2ccccc12)C(=O)O. The van der Waals surface area contributed by atoms with Gasteiger partial charge in [0.1, 0.15) is 18.1 Å². The fourth-order valence-corrected chi connectivity index (χ4v) is 5.35. The van der Waals surface area contributed by atoms with Gasteiger partial charge in [-0.15, -0.1) is 0 Å². The van der Waals surface area contributed by atoms with E-state index in [4.69, 9.17) is 5.73 Å². The highest BCUT2D eigenvalue weighted by atomic mass is 32.1. The number of para-hydroxylation sites is 2. The van der Waals surface area contributed by atoms with Crippen LogP contribution in [0, 0.1) is 0 Å². The Morgan fingerprint density at radius 2 is 1.27 bits per heavy atom. The van der Waals surface area contributed by atoms with Gasteiger partial charge in [0, 0.05) is 71.1 Å². The van der Waals surface area contributed by atoms with Crippen molar-refractivity contribution in [2.24, 2.45) is 5.73 Å². The summed E-state index contributed by atoms with van der Waals surface area (Å²) in [6, 6.07) is 10.4. The molecule has 4 unspecified atom stereocenters. The maximum Gasteiger partial charge on any atom is 0.326 e. The number of benzene rings is 2. The number of nitrogens with zero attached hydrogens (tertiary/aromatic N) is 1. The second-order valence-corrected chi connectivity index (χ2v) is 11.1. The molecule has 3 heterocycles. The molecule has 14 heteroatoms. The van der Waals surface area contributed by atoms with Gasteiger partial charge in [-0.25, -0.2) is 9.78 Å². The summed E-state index contributed by atoms with van der Waals surface area (Å²) in [5, 5.41) is 19.8. The van der Waals surface area contributed by atoms with Gasteiger partial charge in [-0.2, -0.15) is 12.6 Å². The largest absolute Gasteiger partial charge is 0.480 e. The number of aromatic nitrogens is 4. The third-order valence-electron chi connectivity index (χ3n) is 7.59. The van der Waals surface area contributed by atoms with Crippen LogP contribution < -0.4 is 21.7 Å². The summed E-state index contributed by atoms with van der Waals surface area (Å²) in [5.41, 5.74) is 9.54. The highest BCUT2D eigenvalue weighted by Gasteiger charge is 2.31. The molecule has 2 aromatic carbocycles. The zero-order valence-corrected chi connectivity index (χ0v) is 25.0. The summed E-state index contributed by atoms with van der Waals surface area (Å²) >= 11 is 4.07. The van der Waals surface area contributed by atoms with E-state index in [-0.39, 0.29) is 25.0 Å². The number of carbonyl (C=O) groups excluding carboxylic acids is 3. The van der Waals surface area contributed by atoms with E-state index in [0.717, 1.165) is 32.9 Å². The third-order valence-corrected chi connectivity index (χ3v) is 7.98. The predicted octanol–water partition coefficient (Wildman–Crippen LogP) is 1.20. The zero-order valence-electron chi connectivity index (χ0n) is 24.1. The van der Waals surface area contributed by atoms with Crippen LogP contribution in [0.4, 0.5) is 0 Å². The molecule has 0 spiro atoms. The molecule has 5 rings (SSSR count). The molecule has 4 atom stereocenters. The lowest BCUT2D eigenvalue weighted by atomic mass is 10.0. The van der Waals surface area contributed by atoms with Crippen molar-refractivity contribution in [2.45, 2.75) is 43.4 Å². The number of carbonyl (C=O) groups is 4. The number of aromatic amines is 3. The summed E-state index contributed by atoms with van der Waals surface area (Å²) < 4.78 is 0. The molecule has 13 nitrogen and oxygen atoms in total. The van der Waals surface area contributed by atoms with E-state index < -0.39 is 47.9 Å². The average molecular weight is 631 g/mol. The van der Waals surface area contributed by atoms with Crippen molar-refractivity contribution in [2.75, 3.05) is 5.75 Å². The van der Waals surface area contributed by atoms with Gasteiger partial charge in [0.2, 0.25) is 17.7 Å². The first kappa shape index (κ1) is 31.3. The second kappa shape index (κ2) is 14.1. The maximum atomic E-state index is 13.8. The van der Waals surface area contributed by atoms with Crippen LogP contribution in [0.25, 0.3) is 21.8 Å². The minimum absolute atomic E-state index is 0.0129. The lowest BCUT2D eigenvalue weighted by Gasteiger charge is -2.25. The lowest BCUT2D eigenvalue weighted by Crippen LogP contribution is -2.58. The van der Waals surface area contributed by atoms with E-state index in [1.807, 2.05) is 48.5 Å². The summed E-state index contributed by atoms with van der Waals surface area (Å²) in [6.07, 6.45) is 6.52. The van der Waals surface area contributed by atoms with Gasteiger partial charge in [0.05, 0.1) is 12.4 Å². The number of nitrogens with one attached hydrogen (secondary N) is 6. The zero-order chi connectivity index (χ0) is 31.9. The molecule has 0 aliphatic carbocycles. The smallest absolute Gasteiger partial charge is 0.326 e. The standard InChI is InChI=1S/C31H34N8O5S/c32-22(15-45)28(40)37-26(11-19-14-33-16-36-19)30(42)38-25(9-17-12-34-23-7-3-1-5-20(17)23)29(41)39-27(31(43)44)10-18-13-35-24-8-4-2-6-21(18)24/h1-8,12-14,16,22,25-27,34-35,45H,9-11,15,32H2,(H,33,36)(H,37,40)(H,38,42)(H,39,41)(H,43,44). The van der Waals surface area contributed by atoms with Gasteiger partial charge < -0.3 is 41.7 Å². The first-order valence-electron chi connectivity index (χ1n) is 14.3. The van der Waals surface area contributed by atoms with Crippen LogP contribution >= 0.6 is 12.6 Å². The van der Waals surface area contributed by atoms with Crippen LogP contribution in [0.1, 0.15) is 16.8 Å². The van der Waals surface area contributed by atoms with Gasteiger partial charge in [-0.1, -0.05) is 36.4 Å². The summed E-state index contributed by atoms with van der Waals surface area (Å²) in [4.78, 5) is 65.7. The molecule has 0 saturated carbocycles. The quantitative estimate of drug-likeness (QED) is 0.0818. The van der Waals surface area contributed by atoms with Crippen LogP contribution in [0.5, 0.6) is 0 Å². The number of amides is 3. The van der Waals surface area contributed by atoms with Crippen LogP contribution in [0.2, 0.25) is 0 Å². The minimum atomic E-state index is -1.28. The molecule has 234 valence electrons. The molecule has 3 amide bonds. The van der Waals surface area contributed by atoms with Crippen LogP contribution in [-0.2, 0) is 38.4 Å². The van der Waals surface area contributed by atoms with Crippen molar-refractivity contribution >= 4 is 58.1 Å². The maximum absolute atomic E-state index is 13.8. The molecule has 0 aliphatic rings. The Labute approximate surface area is 263 Å². The number of hydrogen-bond acceptors (Lipinski definition) is 7. The van der Waals surface area contributed by atoms with Crippen LogP contribution in [0.3, 0.4) is 0 Å². The lowest BCUT2D eigenvalue weighted by molar-refractivity contribution is -0.142. The molecule has 5 aromatic rings. The molecule has 3 aromatic heterocycles. The Balaban J connectivity index is 1.40. The van der Waals surface area contributed by atoms with E-state index >= 15 is 0 Å². The number of H-pyrrole nitrogens is 3. The molecular weight excluding hydrogens is 596 g/mol. The fraction of sp³-hybridized carbons (Fsp3) is 0.258. The van der Waals surface area contributed by atoms with E-state index in [0.29, 0.717) is 5.69 Å². The number of rotatable bonds is 14. The fourth-order valence-electron chi connectivity index (χ4n) is 5.18. The molecule has 0 saturated heterocycles. The van der Waals surface area contributed by atoms with Crippen molar-refractivity contribution in [1.82, 2.24) is 35.9 Å². The third kappa shape index (κ3) is 7.53. The van der Waals surface area contributed by atoms with Crippen molar-refractivity contribution in [1.29, 1.82) is 0 Å². The predicted molar refractivity (Wildman–Crippen MR) is 172 cm³/mol. The van der Waals surface area contributed by atoms with Crippen molar-refractivity contribution in [3.63, 3.8) is 0 Å². The average Bonchev–Trinajstić information content (AvgIpc) is 3.80. The summed E-state index contributed by atoms with van der Waals surface area (Å²) in [5.74, 6) is -3.11. The summed E-state index contributed by atoms with van der Waals surface area (Å²) in [7, 11) is 0.